The molecule has 1 aromatic carbocycles. The predicted molar refractivity (Wildman–Crippen MR) is 82.9 cm³/mol. The number of likely N-dealkylation sites (tertiary alicyclic amines) is 1. The molecule has 2 rings (SSSR count). The molecule has 1 fully saturated rings. The van der Waals surface area contributed by atoms with Crippen molar-refractivity contribution in [2.45, 2.75) is 37.8 Å². The van der Waals surface area contributed by atoms with E-state index < -0.39 is 17.6 Å². The Morgan fingerprint density at radius 1 is 1.29 bits per heavy atom. The molecule has 116 valence electrons. The highest BCUT2D eigenvalue weighted by atomic mass is 35.5. The number of hydrogen-bond acceptors (Lipinski definition) is 3. The van der Waals surface area contributed by atoms with Crippen LogP contribution in [0.3, 0.4) is 0 Å². The van der Waals surface area contributed by atoms with Gasteiger partial charge in [-0.15, -0.1) is 0 Å². The number of nitrogens with zero attached hydrogens (tertiary/aromatic N) is 1. The van der Waals surface area contributed by atoms with E-state index >= 15 is 0 Å². The van der Waals surface area contributed by atoms with Gasteiger partial charge in [-0.25, -0.2) is 0 Å². The first kappa shape index (κ1) is 16.6. The second-order valence-corrected chi connectivity index (χ2v) is 6.43. The molecule has 6 heteroatoms. The van der Waals surface area contributed by atoms with Crippen LogP contribution in [0.5, 0.6) is 0 Å². The Labute approximate surface area is 134 Å². The van der Waals surface area contributed by atoms with Gasteiger partial charge >= 0.3 is 5.97 Å². The number of aliphatic hydroxyl groups is 1. The molecule has 0 radical (unpaired) electrons. The molecule has 0 aromatic heterocycles. The third kappa shape index (κ3) is 3.89. The molecule has 1 aromatic rings. The van der Waals surface area contributed by atoms with Crippen molar-refractivity contribution in [3.63, 3.8) is 0 Å². The molecule has 1 unspecified atom stereocenters. The molecule has 0 bridgehead atoms. The lowest BCUT2D eigenvalue weighted by Crippen LogP contribution is -2.47. The van der Waals surface area contributed by atoms with Gasteiger partial charge in [-0.1, -0.05) is 30.1 Å². The van der Waals surface area contributed by atoms with E-state index in [-0.39, 0.29) is 0 Å². The van der Waals surface area contributed by atoms with Gasteiger partial charge in [0.1, 0.15) is 6.04 Å². The first-order valence-electron chi connectivity index (χ1n) is 7.00. The number of carboxylic acids is 1. The number of benzene rings is 1. The van der Waals surface area contributed by atoms with Gasteiger partial charge in [-0.2, -0.15) is 0 Å². The van der Waals surface area contributed by atoms with Gasteiger partial charge in [0.25, 0.3) is 0 Å². The molecular weight excluding hydrogens is 313 g/mol. The second kappa shape index (κ2) is 6.53. The van der Waals surface area contributed by atoms with Crippen LogP contribution in [-0.2, 0) is 4.79 Å². The van der Waals surface area contributed by atoms with E-state index in [1.165, 1.54) is 0 Å². The summed E-state index contributed by atoms with van der Waals surface area (Å²) >= 11 is 11.9. The van der Waals surface area contributed by atoms with Crippen molar-refractivity contribution < 1.29 is 15.0 Å². The van der Waals surface area contributed by atoms with Gasteiger partial charge in [0, 0.05) is 23.1 Å². The number of hydrogen-bond donors (Lipinski definition) is 2. The minimum atomic E-state index is -0.935. The van der Waals surface area contributed by atoms with E-state index in [0.29, 0.717) is 48.0 Å². The lowest BCUT2D eigenvalue weighted by Gasteiger charge is -2.40. The highest BCUT2D eigenvalue weighted by molar-refractivity contribution is 6.34. The molecule has 21 heavy (non-hydrogen) atoms. The van der Waals surface area contributed by atoms with Gasteiger partial charge in [0.2, 0.25) is 0 Å². The Morgan fingerprint density at radius 3 is 2.24 bits per heavy atom. The van der Waals surface area contributed by atoms with Crippen LogP contribution in [0.1, 0.15) is 37.8 Å². The third-order valence-electron chi connectivity index (χ3n) is 4.19. The quantitative estimate of drug-likeness (QED) is 0.888. The van der Waals surface area contributed by atoms with Crippen LogP contribution >= 0.6 is 23.2 Å². The second-order valence-electron chi connectivity index (χ2n) is 5.56. The van der Waals surface area contributed by atoms with Crippen LogP contribution in [0.4, 0.5) is 0 Å². The zero-order valence-electron chi connectivity index (χ0n) is 11.9. The maximum atomic E-state index is 11.7. The Bertz CT molecular complexity index is 507. The molecule has 1 heterocycles. The van der Waals surface area contributed by atoms with Gasteiger partial charge in [-0.05, 0) is 43.0 Å². The summed E-state index contributed by atoms with van der Waals surface area (Å²) in [5.74, 6) is -0.935. The zero-order valence-corrected chi connectivity index (χ0v) is 13.4. The average Bonchev–Trinajstić information content (AvgIpc) is 2.40. The molecular formula is C15H19Cl2NO3. The molecule has 0 aliphatic carbocycles. The van der Waals surface area contributed by atoms with Crippen molar-refractivity contribution in [2.24, 2.45) is 0 Å². The summed E-state index contributed by atoms with van der Waals surface area (Å²) in [6, 6.07) is 4.06. The summed E-state index contributed by atoms with van der Waals surface area (Å²) in [6.45, 7) is 3.01. The molecule has 0 saturated carbocycles. The normalized spacial score (nSPS) is 20.2. The van der Waals surface area contributed by atoms with Crippen molar-refractivity contribution in [3.05, 3.63) is 33.8 Å². The van der Waals surface area contributed by atoms with Crippen LogP contribution in [0.2, 0.25) is 10.0 Å². The van der Waals surface area contributed by atoms with Gasteiger partial charge in [0.05, 0.1) is 5.60 Å². The van der Waals surface area contributed by atoms with Crippen molar-refractivity contribution in [1.82, 2.24) is 4.90 Å². The maximum Gasteiger partial charge on any atom is 0.325 e. The molecule has 1 aliphatic heterocycles. The first-order valence-corrected chi connectivity index (χ1v) is 7.75. The highest BCUT2D eigenvalue weighted by Gasteiger charge is 2.36. The summed E-state index contributed by atoms with van der Waals surface area (Å²) in [5.41, 5.74) is -0.104. The standard InChI is InChI=1S/C15H19Cl2NO3/c1-2-15(21)3-5-18(6-4-15)13(14(19)20)10-7-11(16)9-12(17)8-10/h7-9,13,21H,2-6H2,1H3,(H,19,20). The highest BCUT2D eigenvalue weighted by Crippen LogP contribution is 2.33. The minimum absolute atomic E-state index is 0.422. The van der Waals surface area contributed by atoms with Crippen LogP contribution < -0.4 is 0 Å². The fourth-order valence-electron chi connectivity index (χ4n) is 2.79. The smallest absolute Gasteiger partial charge is 0.325 e. The molecule has 2 N–H and O–H groups in total. The van der Waals surface area contributed by atoms with Crippen molar-refractivity contribution in [2.75, 3.05) is 13.1 Å². The van der Waals surface area contributed by atoms with Gasteiger partial charge in [-0.3, -0.25) is 9.69 Å². The fourth-order valence-corrected chi connectivity index (χ4v) is 3.34. The Hall–Kier alpha value is -0.810. The topological polar surface area (TPSA) is 60.8 Å². The zero-order chi connectivity index (χ0) is 15.6. The molecule has 4 nitrogen and oxygen atoms in total. The molecule has 0 amide bonds. The van der Waals surface area contributed by atoms with E-state index in [9.17, 15) is 15.0 Å². The SMILES string of the molecule is CCC1(O)CCN(C(C(=O)O)c2cc(Cl)cc(Cl)c2)CC1. The number of piperidine rings is 1. The summed E-state index contributed by atoms with van der Waals surface area (Å²) in [4.78, 5) is 13.5. The number of rotatable bonds is 4. The van der Waals surface area contributed by atoms with E-state index in [1.54, 1.807) is 18.2 Å². The van der Waals surface area contributed by atoms with E-state index in [1.807, 2.05) is 11.8 Å². The summed E-state index contributed by atoms with van der Waals surface area (Å²) in [5, 5.41) is 20.7. The molecule has 0 spiro atoms. The largest absolute Gasteiger partial charge is 0.480 e. The van der Waals surface area contributed by atoms with Crippen LogP contribution in [0.15, 0.2) is 18.2 Å². The van der Waals surface area contributed by atoms with Gasteiger partial charge in [0.15, 0.2) is 0 Å². The van der Waals surface area contributed by atoms with E-state index in [0.717, 1.165) is 0 Å². The lowest BCUT2D eigenvalue weighted by atomic mass is 9.88. The number of halogens is 2. The Balaban J connectivity index is 2.23. The average molecular weight is 332 g/mol. The Kier molecular flexibility index (Phi) is 5.15. The number of carboxylic acid groups (broad SMARTS) is 1. The van der Waals surface area contributed by atoms with E-state index in [2.05, 4.69) is 0 Å². The van der Waals surface area contributed by atoms with Crippen LogP contribution in [-0.4, -0.2) is 39.8 Å². The van der Waals surface area contributed by atoms with Gasteiger partial charge < -0.3 is 10.2 Å². The lowest BCUT2D eigenvalue weighted by molar-refractivity contribution is -0.145. The summed E-state index contributed by atoms with van der Waals surface area (Å²) in [7, 11) is 0. The molecule has 1 saturated heterocycles. The fraction of sp³-hybridized carbons (Fsp3) is 0.533. The molecule has 1 atom stereocenters. The predicted octanol–water partition coefficient (Wildman–Crippen LogP) is 3.36. The minimum Gasteiger partial charge on any atom is -0.480 e. The monoisotopic (exact) mass is 331 g/mol. The van der Waals surface area contributed by atoms with Crippen molar-refractivity contribution in [1.29, 1.82) is 0 Å². The van der Waals surface area contributed by atoms with Crippen molar-refractivity contribution in [3.8, 4) is 0 Å². The number of aliphatic carboxylic acids is 1. The third-order valence-corrected chi connectivity index (χ3v) is 4.62. The number of carbonyl (C=O) groups is 1. The Morgan fingerprint density at radius 2 is 1.81 bits per heavy atom. The summed E-state index contributed by atoms with van der Waals surface area (Å²) < 4.78 is 0. The van der Waals surface area contributed by atoms with Crippen LogP contribution in [0.25, 0.3) is 0 Å². The molecule has 1 aliphatic rings. The first-order chi connectivity index (χ1) is 9.84. The maximum absolute atomic E-state index is 11.7. The van der Waals surface area contributed by atoms with E-state index in [4.69, 9.17) is 23.2 Å². The summed E-state index contributed by atoms with van der Waals surface area (Å²) in [6.07, 6.45) is 1.82. The van der Waals surface area contributed by atoms with Crippen LogP contribution in [0, 0.1) is 0 Å². The van der Waals surface area contributed by atoms with Crippen molar-refractivity contribution >= 4 is 29.2 Å².